The molecule has 3 atom stereocenters. The number of carbonyl (C=O) groups is 1. The average molecular weight is 429 g/mol. The molecule has 7 rings (SSSR count). The molecule has 3 N–H and O–H groups in total. The molecule has 4 bridgehead atoms. The quantitative estimate of drug-likeness (QED) is 0.509. The van der Waals surface area contributed by atoms with Crippen LogP contribution in [-0.4, -0.2) is 28.1 Å². The van der Waals surface area contributed by atoms with Crippen molar-refractivity contribution in [2.75, 3.05) is 6.54 Å². The number of fused-ring (bicyclic) bond motifs is 1. The first-order chi connectivity index (χ1) is 15.5. The summed E-state index contributed by atoms with van der Waals surface area (Å²) in [5.41, 5.74) is 3.04. The van der Waals surface area contributed by atoms with Crippen LogP contribution in [0.15, 0.2) is 60.8 Å². The molecule has 4 aliphatic carbocycles. The predicted octanol–water partition coefficient (Wildman–Crippen LogP) is 5.14. The Morgan fingerprint density at radius 3 is 2.50 bits per heavy atom. The van der Waals surface area contributed by atoms with E-state index in [-0.39, 0.29) is 17.2 Å². The van der Waals surface area contributed by atoms with Gasteiger partial charge in [0.2, 0.25) is 5.91 Å². The van der Waals surface area contributed by atoms with E-state index in [1.54, 1.807) is 0 Å². The van der Waals surface area contributed by atoms with Gasteiger partial charge in [-0.3, -0.25) is 4.79 Å². The molecule has 166 valence electrons. The van der Waals surface area contributed by atoms with Crippen molar-refractivity contribution in [3.63, 3.8) is 0 Å². The normalized spacial score (nSPS) is 31.7. The Kier molecular flexibility index (Phi) is 4.69. The molecule has 3 aromatic rings. The second-order valence-electron chi connectivity index (χ2n) is 10.9. The minimum atomic E-state index is -0.513. The Bertz CT molecular complexity index is 1120. The maximum atomic E-state index is 13.2. The third kappa shape index (κ3) is 3.55. The van der Waals surface area contributed by atoms with Crippen LogP contribution in [0.3, 0.4) is 0 Å². The van der Waals surface area contributed by atoms with Gasteiger partial charge >= 0.3 is 0 Å². The number of hydrogen-bond donors (Lipinski definition) is 3. The second kappa shape index (κ2) is 7.48. The number of benzene rings is 2. The van der Waals surface area contributed by atoms with E-state index < -0.39 is 5.60 Å². The molecule has 0 saturated heterocycles. The molecule has 1 amide bonds. The van der Waals surface area contributed by atoms with Crippen molar-refractivity contribution in [2.24, 2.45) is 17.3 Å². The Labute approximate surface area is 189 Å². The van der Waals surface area contributed by atoms with E-state index in [0.29, 0.717) is 24.8 Å². The molecule has 0 radical (unpaired) electrons. The summed E-state index contributed by atoms with van der Waals surface area (Å²) < 4.78 is 0. The maximum Gasteiger partial charge on any atom is 0.220 e. The number of carbonyl (C=O) groups excluding carboxylic acids is 1. The van der Waals surface area contributed by atoms with Gasteiger partial charge in [0.25, 0.3) is 0 Å². The Morgan fingerprint density at radius 1 is 1.03 bits per heavy atom. The highest BCUT2D eigenvalue weighted by Gasteiger charge is 2.57. The molecule has 2 aromatic carbocycles. The van der Waals surface area contributed by atoms with Crippen LogP contribution in [0.5, 0.6) is 0 Å². The molecule has 0 aliphatic heterocycles. The van der Waals surface area contributed by atoms with Crippen LogP contribution in [0, 0.1) is 17.3 Å². The van der Waals surface area contributed by atoms with Crippen molar-refractivity contribution in [1.82, 2.24) is 10.3 Å². The molecule has 32 heavy (non-hydrogen) atoms. The minimum absolute atomic E-state index is 0.00589. The largest absolute Gasteiger partial charge is 0.390 e. The van der Waals surface area contributed by atoms with Gasteiger partial charge in [0.15, 0.2) is 0 Å². The Morgan fingerprint density at radius 2 is 1.75 bits per heavy atom. The Balaban J connectivity index is 1.21. The number of nitrogens with one attached hydrogen (secondary N) is 2. The van der Waals surface area contributed by atoms with Crippen molar-refractivity contribution in [1.29, 1.82) is 0 Å². The highest BCUT2D eigenvalue weighted by molar-refractivity contribution is 5.84. The molecular weight excluding hydrogens is 396 g/mol. The fourth-order valence-corrected chi connectivity index (χ4v) is 7.70. The van der Waals surface area contributed by atoms with Crippen molar-refractivity contribution in [3.05, 3.63) is 71.9 Å². The summed E-state index contributed by atoms with van der Waals surface area (Å²) in [7, 11) is 0. The third-order valence-electron chi connectivity index (χ3n) is 8.39. The van der Waals surface area contributed by atoms with Gasteiger partial charge in [0, 0.05) is 36.0 Å². The molecule has 4 nitrogen and oxygen atoms in total. The lowest BCUT2D eigenvalue weighted by Gasteiger charge is -2.60. The van der Waals surface area contributed by atoms with Crippen LogP contribution in [0.1, 0.15) is 62.0 Å². The fourth-order valence-electron chi connectivity index (χ4n) is 7.70. The van der Waals surface area contributed by atoms with E-state index in [1.165, 1.54) is 22.9 Å². The molecule has 4 aliphatic rings. The van der Waals surface area contributed by atoms with Crippen LogP contribution < -0.4 is 5.32 Å². The number of aromatic amines is 1. The number of hydrogen-bond acceptors (Lipinski definition) is 2. The summed E-state index contributed by atoms with van der Waals surface area (Å²) >= 11 is 0. The SMILES string of the molecule is O=C(CC12CC3CC(CC(O)(C3)C1)C2)NCC(c1ccccc1)c1c[nH]c2ccccc12. The minimum Gasteiger partial charge on any atom is -0.390 e. The number of H-pyrrole nitrogens is 1. The first kappa shape index (κ1) is 20.0. The lowest BCUT2D eigenvalue weighted by molar-refractivity contribution is -0.169. The molecule has 4 heteroatoms. The van der Waals surface area contributed by atoms with E-state index in [1.807, 2.05) is 12.1 Å². The van der Waals surface area contributed by atoms with Gasteiger partial charge in [-0.25, -0.2) is 0 Å². The van der Waals surface area contributed by atoms with Gasteiger partial charge in [0.1, 0.15) is 0 Å². The third-order valence-corrected chi connectivity index (χ3v) is 8.39. The molecular formula is C28H32N2O2. The van der Waals surface area contributed by atoms with Crippen molar-refractivity contribution < 1.29 is 9.90 Å². The van der Waals surface area contributed by atoms with E-state index in [2.05, 4.69) is 59.0 Å². The Hall–Kier alpha value is -2.59. The number of amides is 1. The number of aliphatic hydroxyl groups is 1. The van der Waals surface area contributed by atoms with Crippen LogP contribution in [-0.2, 0) is 4.79 Å². The lowest BCUT2D eigenvalue weighted by Crippen LogP contribution is -2.56. The lowest BCUT2D eigenvalue weighted by atomic mass is 9.47. The van der Waals surface area contributed by atoms with Crippen molar-refractivity contribution in [2.45, 2.75) is 56.5 Å². The average Bonchev–Trinajstić information content (AvgIpc) is 3.17. The number of rotatable bonds is 6. The zero-order chi connectivity index (χ0) is 21.8. The number of aromatic nitrogens is 1. The van der Waals surface area contributed by atoms with Gasteiger partial charge in [-0.15, -0.1) is 0 Å². The van der Waals surface area contributed by atoms with E-state index in [4.69, 9.17) is 0 Å². The van der Waals surface area contributed by atoms with Crippen LogP contribution in [0.4, 0.5) is 0 Å². The zero-order valence-electron chi connectivity index (χ0n) is 18.5. The molecule has 1 aromatic heterocycles. The molecule has 4 saturated carbocycles. The smallest absolute Gasteiger partial charge is 0.220 e. The van der Waals surface area contributed by atoms with Crippen LogP contribution >= 0.6 is 0 Å². The highest BCUT2D eigenvalue weighted by atomic mass is 16.3. The molecule has 0 spiro atoms. The zero-order valence-corrected chi connectivity index (χ0v) is 18.5. The summed E-state index contributed by atoms with van der Waals surface area (Å²) in [6.45, 7) is 0.581. The second-order valence-corrected chi connectivity index (χ2v) is 10.9. The number of para-hydroxylation sites is 1. The first-order valence-corrected chi connectivity index (χ1v) is 12.1. The highest BCUT2D eigenvalue weighted by Crippen LogP contribution is 2.62. The standard InChI is InChI=1S/C28H32N2O2/c31-26(15-27-11-19-10-20(12-27)14-28(32,13-19)18-27)30-16-23(21-6-2-1-3-7-21)24-17-29-25-9-5-4-8-22(24)25/h1-9,17,19-20,23,29,32H,10-16,18H2,(H,30,31). The van der Waals surface area contributed by atoms with Crippen LogP contribution in [0.25, 0.3) is 10.9 Å². The summed E-state index contributed by atoms with van der Waals surface area (Å²) in [6.07, 6.45) is 8.83. The summed E-state index contributed by atoms with van der Waals surface area (Å²) in [6, 6.07) is 18.8. The van der Waals surface area contributed by atoms with E-state index >= 15 is 0 Å². The topological polar surface area (TPSA) is 65.1 Å². The van der Waals surface area contributed by atoms with E-state index in [9.17, 15) is 9.90 Å². The monoisotopic (exact) mass is 428 g/mol. The first-order valence-electron chi connectivity index (χ1n) is 12.1. The van der Waals surface area contributed by atoms with Gasteiger partial charge in [0.05, 0.1) is 5.60 Å². The summed E-state index contributed by atoms with van der Waals surface area (Å²) in [5, 5.41) is 15.5. The van der Waals surface area contributed by atoms with Crippen molar-refractivity contribution >= 4 is 16.8 Å². The summed E-state index contributed by atoms with van der Waals surface area (Å²) in [4.78, 5) is 16.6. The molecule has 4 fully saturated rings. The predicted molar refractivity (Wildman–Crippen MR) is 126 cm³/mol. The van der Waals surface area contributed by atoms with Gasteiger partial charge in [-0.05, 0) is 73.0 Å². The summed E-state index contributed by atoms with van der Waals surface area (Å²) in [5.74, 6) is 1.45. The van der Waals surface area contributed by atoms with Gasteiger partial charge in [-0.1, -0.05) is 48.5 Å². The van der Waals surface area contributed by atoms with E-state index in [0.717, 1.165) is 37.6 Å². The molecule has 3 unspecified atom stereocenters. The van der Waals surface area contributed by atoms with Gasteiger partial charge < -0.3 is 15.4 Å². The van der Waals surface area contributed by atoms with Crippen LogP contribution in [0.2, 0.25) is 0 Å². The molecule has 1 heterocycles. The van der Waals surface area contributed by atoms with Crippen molar-refractivity contribution in [3.8, 4) is 0 Å². The fraction of sp³-hybridized carbons (Fsp3) is 0.464. The maximum absolute atomic E-state index is 13.2. The van der Waals surface area contributed by atoms with Gasteiger partial charge in [-0.2, -0.15) is 0 Å².